The Bertz CT molecular complexity index is 540. The largest absolute Gasteiger partial charge is 0.495 e. The minimum absolute atomic E-state index is 0.452. The van der Waals surface area contributed by atoms with Crippen molar-refractivity contribution < 1.29 is 14.2 Å². The Morgan fingerprint density at radius 2 is 1.89 bits per heavy atom. The molecular weight excluding hydrogens is 252 g/mol. The molecule has 0 bridgehead atoms. The summed E-state index contributed by atoms with van der Waals surface area (Å²) in [6, 6.07) is 9.80. The number of benzene rings is 2. The molecule has 0 saturated carbocycles. The number of hydrogen-bond donors (Lipinski definition) is 0. The average Bonchev–Trinajstić information content (AvgIpc) is 2.41. The van der Waals surface area contributed by atoms with Gasteiger partial charge >= 0.3 is 0 Å². The second-order valence-corrected chi connectivity index (χ2v) is 4.16. The maximum atomic E-state index is 6.28. The van der Waals surface area contributed by atoms with Crippen molar-refractivity contribution in [2.75, 3.05) is 27.4 Å². The van der Waals surface area contributed by atoms with E-state index >= 15 is 0 Å². The van der Waals surface area contributed by atoms with Crippen LogP contribution in [0, 0.1) is 0 Å². The van der Waals surface area contributed by atoms with Gasteiger partial charge in [-0.2, -0.15) is 0 Å². The molecule has 0 aliphatic rings. The summed E-state index contributed by atoms with van der Waals surface area (Å²) in [6.07, 6.45) is 0. The lowest BCUT2D eigenvalue weighted by molar-refractivity contribution is 0.147. The Kier molecular flexibility index (Phi) is 4.28. The smallest absolute Gasteiger partial charge is 0.149 e. The van der Waals surface area contributed by atoms with Crippen LogP contribution in [-0.2, 0) is 4.74 Å². The number of methoxy groups -OCH3 is 2. The molecule has 0 N–H and O–H groups in total. The van der Waals surface area contributed by atoms with E-state index in [1.54, 1.807) is 14.2 Å². The molecule has 0 saturated heterocycles. The molecular formula is C14H15ClO3. The summed E-state index contributed by atoms with van der Waals surface area (Å²) in [6.45, 7) is 0.968. The van der Waals surface area contributed by atoms with Crippen LogP contribution in [0.25, 0.3) is 10.8 Å². The molecule has 18 heavy (non-hydrogen) atoms. The van der Waals surface area contributed by atoms with E-state index in [2.05, 4.69) is 0 Å². The van der Waals surface area contributed by atoms with E-state index in [0.29, 0.717) is 29.7 Å². The highest BCUT2D eigenvalue weighted by atomic mass is 35.5. The zero-order valence-corrected chi connectivity index (χ0v) is 11.2. The minimum atomic E-state index is 0.452. The summed E-state index contributed by atoms with van der Waals surface area (Å²) in [4.78, 5) is 0. The SMILES string of the molecule is COCCOc1c(Cl)c(OC)cc2ccccc12. The summed E-state index contributed by atoms with van der Waals surface area (Å²) in [5.74, 6) is 1.26. The number of ether oxygens (including phenoxy) is 3. The lowest BCUT2D eigenvalue weighted by Crippen LogP contribution is -2.05. The van der Waals surface area contributed by atoms with E-state index in [4.69, 9.17) is 25.8 Å². The number of hydrogen-bond acceptors (Lipinski definition) is 3. The van der Waals surface area contributed by atoms with Gasteiger partial charge < -0.3 is 14.2 Å². The van der Waals surface area contributed by atoms with Gasteiger partial charge in [-0.1, -0.05) is 35.9 Å². The fourth-order valence-electron chi connectivity index (χ4n) is 1.78. The Morgan fingerprint density at radius 1 is 1.11 bits per heavy atom. The molecule has 0 aromatic heterocycles. The van der Waals surface area contributed by atoms with Crippen molar-refractivity contribution in [1.82, 2.24) is 0 Å². The molecule has 0 unspecified atom stereocenters. The summed E-state index contributed by atoms with van der Waals surface area (Å²) in [5.41, 5.74) is 0. The molecule has 0 radical (unpaired) electrons. The predicted octanol–water partition coefficient (Wildman–Crippen LogP) is 3.53. The summed E-state index contributed by atoms with van der Waals surface area (Å²) < 4.78 is 15.9. The molecule has 0 fully saturated rings. The van der Waals surface area contributed by atoms with Gasteiger partial charge in [0.05, 0.1) is 13.7 Å². The van der Waals surface area contributed by atoms with Crippen molar-refractivity contribution >= 4 is 22.4 Å². The molecule has 2 aromatic rings. The Morgan fingerprint density at radius 3 is 2.61 bits per heavy atom. The fourth-order valence-corrected chi connectivity index (χ4v) is 2.07. The van der Waals surface area contributed by atoms with Gasteiger partial charge in [-0.15, -0.1) is 0 Å². The molecule has 0 atom stereocenters. The van der Waals surface area contributed by atoms with Crippen LogP contribution in [0.15, 0.2) is 30.3 Å². The monoisotopic (exact) mass is 266 g/mol. The van der Waals surface area contributed by atoms with E-state index in [1.807, 2.05) is 30.3 Å². The number of fused-ring (bicyclic) bond motifs is 1. The molecule has 4 heteroatoms. The van der Waals surface area contributed by atoms with Crippen molar-refractivity contribution in [3.8, 4) is 11.5 Å². The number of halogens is 1. The Balaban J connectivity index is 2.48. The van der Waals surface area contributed by atoms with Crippen molar-refractivity contribution in [2.24, 2.45) is 0 Å². The van der Waals surface area contributed by atoms with E-state index in [9.17, 15) is 0 Å². The molecule has 0 aliphatic carbocycles. The van der Waals surface area contributed by atoms with Crippen molar-refractivity contribution in [2.45, 2.75) is 0 Å². The highest BCUT2D eigenvalue weighted by molar-refractivity contribution is 6.34. The first-order valence-corrected chi connectivity index (χ1v) is 6.02. The lowest BCUT2D eigenvalue weighted by atomic mass is 10.1. The lowest BCUT2D eigenvalue weighted by Gasteiger charge is -2.13. The Labute approximate surface area is 111 Å². The third-order valence-electron chi connectivity index (χ3n) is 2.66. The molecule has 2 rings (SSSR count). The molecule has 96 valence electrons. The molecule has 0 amide bonds. The zero-order chi connectivity index (χ0) is 13.0. The maximum absolute atomic E-state index is 6.28. The normalized spacial score (nSPS) is 10.6. The standard InChI is InChI=1S/C14H15ClO3/c1-16-7-8-18-14-11-6-4-3-5-10(11)9-12(17-2)13(14)15/h3-6,9H,7-8H2,1-2H3. The first-order valence-electron chi connectivity index (χ1n) is 5.65. The van der Waals surface area contributed by atoms with E-state index in [-0.39, 0.29) is 0 Å². The van der Waals surface area contributed by atoms with Crippen LogP contribution in [-0.4, -0.2) is 27.4 Å². The second kappa shape index (κ2) is 5.94. The van der Waals surface area contributed by atoms with Crippen LogP contribution in [0.5, 0.6) is 11.5 Å². The van der Waals surface area contributed by atoms with Crippen LogP contribution in [0.3, 0.4) is 0 Å². The Hall–Kier alpha value is -1.45. The van der Waals surface area contributed by atoms with Crippen molar-refractivity contribution in [3.05, 3.63) is 35.4 Å². The zero-order valence-electron chi connectivity index (χ0n) is 10.4. The van der Waals surface area contributed by atoms with Gasteiger partial charge in [0.25, 0.3) is 0 Å². The first-order chi connectivity index (χ1) is 8.77. The van der Waals surface area contributed by atoms with Crippen LogP contribution in [0.1, 0.15) is 0 Å². The molecule has 0 heterocycles. The summed E-state index contributed by atoms with van der Waals surface area (Å²) in [7, 11) is 3.23. The van der Waals surface area contributed by atoms with Crippen molar-refractivity contribution in [1.29, 1.82) is 0 Å². The van der Waals surface area contributed by atoms with Crippen LogP contribution in [0.4, 0.5) is 0 Å². The van der Waals surface area contributed by atoms with Gasteiger partial charge in [0.15, 0.2) is 0 Å². The third-order valence-corrected chi connectivity index (χ3v) is 3.02. The second-order valence-electron chi connectivity index (χ2n) is 3.78. The summed E-state index contributed by atoms with van der Waals surface area (Å²) in [5, 5.41) is 2.50. The van der Waals surface area contributed by atoms with Gasteiger partial charge in [0.2, 0.25) is 0 Å². The highest BCUT2D eigenvalue weighted by Crippen LogP contribution is 2.40. The molecule has 0 aliphatic heterocycles. The third kappa shape index (κ3) is 2.52. The molecule has 2 aromatic carbocycles. The van der Waals surface area contributed by atoms with Crippen molar-refractivity contribution in [3.63, 3.8) is 0 Å². The molecule has 3 nitrogen and oxygen atoms in total. The predicted molar refractivity (Wildman–Crippen MR) is 72.9 cm³/mol. The van der Waals surface area contributed by atoms with E-state index in [0.717, 1.165) is 10.8 Å². The summed E-state index contributed by atoms with van der Waals surface area (Å²) >= 11 is 6.28. The van der Waals surface area contributed by atoms with Gasteiger partial charge in [-0.3, -0.25) is 0 Å². The van der Waals surface area contributed by atoms with E-state index in [1.165, 1.54) is 0 Å². The van der Waals surface area contributed by atoms with Gasteiger partial charge in [0.1, 0.15) is 23.1 Å². The van der Waals surface area contributed by atoms with Gasteiger partial charge in [-0.05, 0) is 11.5 Å². The minimum Gasteiger partial charge on any atom is -0.495 e. The number of rotatable bonds is 5. The van der Waals surface area contributed by atoms with E-state index < -0.39 is 0 Å². The molecule has 0 spiro atoms. The van der Waals surface area contributed by atoms with Crippen LogP contribution >= 0.6 is 11.6 Å². The topological polar surface area (TPSA) is 27.7 Å². The van der Waals surface area contributed by atoms with Gasteiger partial charge in [-0.25, -0.2) is 0 Å². The average molecular weight is 267 g/mol. The van der Waals surface area contributed by atoms with Crippen LogP contribution in [0.2, 0.25) is 5.02 Å². The first kappa shape index (κ1) is 13.0. The van der Waals surface area contributed by atoms with Gasteiger partial charge in [0, 0.05) is 12.5 Å². The van der Waals surface area contributed by atoms with Crippen LogP contribution < -0.4 is 9.47 Å². The highest BCUT2D eigenvalue weighted by Gasteiger charge is 2.13. The quantitative estimate of drug-likeness (QED) is 0.775. The fraction of sp³-hybridized carbons (Fsp3) is 0.286. The maximum Gasteiger partial charge on any atom is 0.149 e.